The maximum absolute atomic E-state index is 15.0. The number of anilines is 1. The van der Waals surface area contributed by atoms with E-state index in [0.717, 1.165) is 27.7 Å². The second-order valence-corrected chi connectivity index (χ2v) is 9.74. The molecule has 0 unspecified atom stereocenters. The maximum Gasteiger partial charge on any atom is 0.254 e. The highest BCUT2D eigenvalue weighted by Gasteiger charge is 2.24. The number of carbonyl (C=O) groups is 1. The van der Waals surface area contributed by atoms with Crippen LogP contribution in [0.25, 0.3) is 11.3 Å². The zero-order chi connectivity index (χ0) is 24.2. The van der Waals surface area contributed by atoms with E-state index in [4.69, 9.17) is 5.73 Å². The van der Waals surface area contributed by atoms with Gasteiger partial charge < -0.3 is 21.3 Å². The number of hydrogen-bond acceptors (Lipinski definition) is 6. The number of nitrogens with one attached hydrogen (secondary N) is 1. The monoisotopic (exact) mass is 576 g/mol. The van der Waals surface area contributed by atoms with Crippen molar-refractivity contribution in [3.05, 3.63) is 74.9 Å². The number of amides is 1. The van der Waals surface area contributed by atoms with Gasteiger partial charge in [-0.1, -0.05) is 18.2 Å². The summed E-state index contributed by atoms with van der Waals surface area (Å²) in [6.07, 6.45) is 4.39. The number of aromatic nitrogens is 2. The van der Waals surface area contributed by atoms with Crippen LogP contribution < -0.4 is 11.1 Å². The van der Waals surface area contributed by atoms with Crippen molar-refractivity contribution in [2.75, 3.05) is 12.3 Å². The Morgan fingerprint density at radius 2 is 1.97 bits per heavy atom. The van der Waals surface area contributed by atoms with Crippen molar-refractivity contribution in [2.24, 2.45) is 0 Å². The predicted octanol–water partition coefficient (Wildman–Crippen LogP) is 3.95. The summed E-state index contributed by atoms with van der Waals surface area (Å²) in [5.41, 5.74) is 8.18. The number of nitrogens with two attached hydrogens (primary N) is 1. The second kappa shape index (κ2) is 10.7. The SMILES string of the molecule is Nc1ncc(C2CCC(O)CC2)nc1-c1ccc(C(=O)N[C@H](CO)c2cccc(I)c2)c(F)c1. The summed E-state index contributed by atoms with van der Waals surface area (Å²) in [6, 6.07) is 10.9. The van der Waals surface area contributed by atoms with E-state index in [2.05, 4.69) is 37.9 Å². The minimum atomic E-state index is -0.721. The summed E-state index contributed by atoms with van der Waals surface area (Å²) in [5.74, 6) is -1.01. The Balaban J connectivity index is 1.55. The largest absolute Gasteiger partial charge is 0.394 e. The number of carbonyl (C=O) groups excluding carboxylic acids is 1. The fraction of sp³-hybridized carbons (Fsp3) is 0.320. The molecule has 5 N–H and O–H groups in total. The Hall–Kier alpha value is -2.63. The zero-order valence-electron chi connectivity index (χ0n) is 18.4. The van der Waals surface area contributed by atoms with E-state index in [-0.39, 0.29) is 30.0 Å². The first-order valence-corrected chi connectivity index (χ1v) is 12.2. The van der Waals surface area contributed by atoms with Crippen LogP contribution in [0.1, 0.15) is 59.3 Å². The lowest BCUT2D eigenvalue weighted by atomic mass is 9.85. The molecule has 7 nitrogen and oxygen atoms in total. The van der Waals surface area contributed by atoms with E-state index in [1.807, 2.05) is 18.2 Å². The van der Waals surface area contributed by atoms with Crippen LogP contribution in [0.3, 0.4) is 0 Å². The van der Waals surface area contributed by atoms with Crippen LogP contribution in [0.15, 0.2) is 48.7 Å². The molecule has 1 atom stereocenters. The molecular weight excluding hydrogens is 550 g/mol. The van der Waals surface area contributed by atoms with E-state index < -0.39 is 17.8 Å². The van der Waals surface area contributed by atoms with Crippen LogP contribution in [-0.2, 0) is 0 Å². The highest BCUT2D eigenvalue weighted by Crippen LogP contribution is 2.34. The van der Waals surface area contributed by atoms with Gasteiger partial charge in [0.1, 0.15) is 17.3 Å². The van der Waals surface area contributed by atoms with Gasteiger partial charge in [0, 0.05) is 15.1 Å². The van der Waals surface area contributed by atoms with Gasteiger partial charge in [-0.25, -0.2) is 14.4 Å². The van der Waals surface area contributed by atoms with Gasteiger partial charge in [-0.05, 0) is 78.1 Å². The molecule has 1 aromatic heterocycles. The van der Waals surface area contributed by atoms with Gasteiger partial charge in [0.2, 0.25) is 0 Å². The van der Waals surface area contributed by atoms with Gasteiger partial charge in [-0.15, -0.1) is 0 Å². The van der Waals surface area contributed by atoms with Crippen molar-refractivity contribution in [3.8, 4) is 11.3 Å². The number of nitrogens with zero attached hydrogens (tertiary/aromatic N) is 2. The van der Waals surface area contributed by atoms with Crippen LogP contribution >= 0.6 is 22.6 Å². The van der Waals surface area contributed by atoms with Crippen LogP contribution in [0.5, 0.6) is 0 Å². The Labute approximate surface area is 210 Å². The number of hydrogen-bond donors (Lipinski definition) is 4. The third-order valence-electron chi connectivity index (χ3n) is 6.16. The molecule has 1 aliphatic rings. The molecule has 178 valence electrons. The van der Waals surface area contributed by atoms with Gasteiger partial charge >= 0.3 is 0 Å². The molecule has 0 saturated heterocycles. The van der Waals surface area contributed by atoms with Crippen LogP contribution in [0.4, 0.5) is 10.2 Å². The minimum Gasteiger partial charge on any atom is -0.394 e. The lowest BCUT2D eigenvalue weighted by Crippen LogP contribution is -2.31. The second-order valence-electron chi connectivity index (χ2n) is 8.49. The lowest BCUT2D eigenvalue weighted by molar-refractivity contribution is 0.0912. The molecular formula is C25H26FIN4O3. The van der Waals surface area contributed by atoms with E-state index in [1.54, 1.807) is 18.3 Å². The van der Waals surface area contributed by atoms with Crippen LogP contribution in [0, 0.1) is 9.39 Å². The first-order chi connectivity index (χ1) is 16.4. The fourth-order valence-electron chi connectivity index (χ4n) is 4.23. The molecule has 1 fully saturated rings. The van der Waals surface area contributed by atoms with Crippen molar-refractivity contribution in [3.63, 3.8) is 0 Å². The molecule has 0 radical (unpaired) electrons. The van der Waals surface area contributed by atoms with Gasteiger partial charge in [0.15, 0.2) is 0 Å². The summed E-state index contributed by atoms with van der Waals surface area (Å²) < 4.78 is 16.0. The van der Waals surface area contributed by atoms with Crippen molar-refractivity contribution >= 4 is 34.3 Å². The molecule has 0 spiro atoms. The van der Waals surface area contributed by atoms with Crippen molar-refractivity contribution < 1.29 is 19.4 Å². The Morgan fingerprint density at radius 3 is 2.65 bits per heavy atom. The summed E-state index contributed by atoms with van der Waals surface area (Å²) in [7, 11) is 0. The molecule has 1 heterocycles. The molecule has 3 aromatic rings. The smallest absolute Gasteiger partial charge is 0.254 e. The van der Waals surface area contributed by atoms with E-state index in [1.165, 1.54) is 12.1 Å². The number of nitrogen functional groups attached to an aromatic ring is 1. The number of aliphatic hydroxyl groups is 2. The van der Waals surface area contributed by atoms with Gasteiger partial charge in [0.05, 0.1) is 36.2 Å². The van der Waals surface area contributed by atoms with Gasteiger partial charge in [0.25, 0.3) is 5.91 Å². The van der Waals surface area contributed by atoms with Crippen LogP contribution in [0.2, 0.25) is 0 Å². The molecule has 9 heteroatoms. The standard InChI is InChI=1S/C25H26FIN4O3/c26-20-11-16(23-24(28)29-12-21(30-23)14-4-7-18(33)8-5-14)6-9-19(20)25(34)31-22(13-32)15-2-1-3-17(27)10-15/h1-3,6,9-12,14,18,22,32-33H,4-5,7-8,13H2,(H2,28,29)(H,31,34)/t14?,18?,22-/m1/s1. The summed E-state index contributed by atoms with van der Waals surface area (Å²) in [6.45, 7) is -0.317. The van der Waals surface area contributed by atoms with E-state index in [0.29, 0.717) is 24.1 Å². The first-order valence-electron chi connectivity index (χ1n) is 11.1. The van der Waals surface area contributed by atoms with Crippen molar-refractivity contribution in [1.82, 2.24) is 15.3 Å². The normalized spacial score (nSPS) is 18.9. The Bertz CT molecular complexity index is 1180. The predicted molar refractivity (Wildman–Crippen MR) is 136 cm³/mol. The molecule has 1 saturated carbocycles. The average Bonchev–Trinajstić information content (AvgIpc) is 2.83. The highest BCUT2D eigenvalue weighted by atomic mass is 127. The molecule has 2 aromatic carbocycles. The third-order valence-corrected chi connectivity index (χ3v) is 6.83. The summed E-state index contributed by atoms with van der Waals surface area (Å²) in [4.78, 5) is 21.7. The summed E-state index contributed by atoms with van der Waals surface area (Å²) >= 11 is 2.15. The fourth-order valence-corrected chi connectivity index (χ4v) is 4.80. The average molecular weight is 576 g/mol. The quantitative estimate of drug-likeness (QED) is 0.330. The van der Waals surface area contributed by atoms with Crippen molar-refractivity contribution in [1.29, 1.82) is 0 Å². The number of halogens is 2. The zero-order valence-corrected chi connectivity index (χ0v) is 20.6. The molecule has 0 aliphatic heterocycles. The first kappa shape index (κ1) is 24.5. The third kappa shape index (κ3) is 5.53. The molecule has 1 amide bonds. The van der Waals surface area contributed by atoms with Crippen molar-refractivity contribution in [2.45, 2.75) is 43.7 Å². The number of rotatable bonds is 6. The number of benzene rings is 2. The highest BCUT2D eigenvalue weighted by molar-refractivity contribution is 14.1. The number of aliphatic hydroxyl groups excluding tert-OH is 2. The maximum atomic E-state index is 15.0. The van der Waals surface area contributed by atoms with E-state index in [9.17, 15) is 19.4 Å². The Kier molecular flexibility index (Phi) is 7.74. The molecule has 1 aliphatic carbocycles. The van der Waals surface area contributed by atoms with Crippen LogP contribution in [-0.4, -0.2) is 38.8 Å². The minimum absolute atomic E-state index is 0.142. The molecule has 4 rings (SSSR count). The topological polar surface area (TPSA) is 121 Å². The molecule has 0 bridgehead atoms. The Morgan fingerprint density at radius 1 is 1.21 bits per heavy atom. The summed E-state index contributed by atoms with van der Waals surface area (Å²) in [5, 5.41) is 22.2. The van der Waals surface area contributed by atoms with E-state index >= 15 is 0 Å². The lowest BCUT2D eigenvalue weighted by Gasteiger charge is -2.25. The van der Waals surface area contributed by atoms with Gasteiger partial charge in [-0.2, -0.15) is 0 Å². The molecule has 34 heavy (non-hydrogen) atoms. The van der Waals surface area contributed by atoms with Gasteiger partial charge in [-0.3, -0.25) is 4.79 Å².